The molecule has 2 unspecified atom stereocenters. The monoisotopic (exact) mass is 567 g/mol. The lowest BCUT2D eigenvalue weighted by Crippen LogP contribution is -2.48. The summed E-state index contributed by atoms with van der Waals surface area (Å²) < 4.78 is 10.6. The molecule has 4 amide bonds. The Morgan fingerprint density at radius 3 is 2.20 bits per heavy atom. The van der Waals surface area contributed by atoms with E-state index in [0.29, 0.717) is 32.4 Å². The lowest BCUT2D eigenvalue weighted by molar-refractivity contribution is -0.150. The largest absolute Gasteiger partial charge is 0.449 e. The summed E-state index contributed by atoms with van der Waals surface area (Å²) in [6.07, 6.45) is -0.188. The number of hydrogen-bond acceptors (Lipinski definition) is 7. The first-order chi connectivity index (χ1) is 19.7. The van der Waals surface area contributed by atoms with Gasteiger partial charge in [-0.2, -0.15) is 0 Å². The van der Waals surface area contributed by atoms with Crippen LogP contribution < -0.4 is 5.48 Å². The van der Waals surface area contributed by atoms with Crippen LogP contribution in [0, 0.1) is 17.3 Å². The lowest BCUT2D eigenvalue weighted by atomic mass is 9.67. The second-order valence-corrected chi connectivity index (χ2v) is 10.7. The zero-order chi connectivity index (χ0) is 29.8. The van der Waals surface area contributed by atoms with Gasteiger partial charge in [-0.1, -0.05) is 74.5 Å². The van der Waals surface area contributed by atoms with Gasteiger partial charge in [-0.05, 0) is 49.7 Å². The van der Waals surface area contributed by atoms with Gasteiger partial charge in [-0.3, -0.25) is 14.8 Å². The highest BCUT2D eigenvalue weighted by molar-refractivity contribution is 5.92. The fourth-order valence-electron chi connectivity index (χ4n) is 5.57. The third kappa shape index (κ3) is 8.29. The van der Waals surface area contributed by atoms with Crippen molar-refractivity contribution in [1.82, 2.24) is 15.3 Å². The number of hydrogen-bond donors (Lipinski definition) is 2. The molecule has 1 saturated heterocycles. The Hall–Kier alpha value is -3.92. The third-order valence-corrected chi connectivity index (χ3v) is 7.51. The molecule has 2 aromatic carbocycles. The standard InChI is InChI=1S/C31H41N3O7/c1-4-34(30(38)41-22-25-13-9-6-10-14-25)29(37)40-20-16-26(27(35)32-39)31(21-23(2)3)17-19-33(28(31)36)18-15-24-11-7-5-8-12-24/h5-14,23,26,39H,4,15-22H2,1-3H3,(H,32,35). The van der Waals surface area contributed by atoms with E-state index in [4.69, 9.17) is 9.47 Å². The van der Waals surface area contributed by atoms with Gasteiger partial charge in [0.05, 0.1) is 17.9 Å². The Morgan fingerprint density at radius 2 is 1.61 bits per heavy atom. The minimum Gasteiger partial charge on any atom is -0.449 e. The van der Waals surface area contributed by atoms with Crippen molar-refractivity contribution in [3.05, 3.63) is 71.8 Å². The zero-order valence-electron chi connectivity index (χ0n) is 24.1. The summed E-state index contributed by atoms with van der Waals surface area (Å²) in [4.78, 5) is 54.7. The predicted molar refractivity (Wildman–Crippen MR) is 152 cm³/mol. The van der Waals surface area contributed by atoms with Gasteiger partial charge in [-0.25, -0.2) is 20.0 Å². The molecule has 2 atom stereocenters. The Bertz CT molecular complexity index is 1160. The van der Waals surface area contributed by atoms with Crippen LogP contribution in [0.1, 0.15) is 51.2 Å². The summed E-state index contributed by atoms with van der Waals surface area (Å²) >= 11 is 0. The van der Waals surface area contributed by atoms with E-state index in [1.165, 1.54) is 0 Å². The summed E-state index contributed by atoms with van der Waals surface area (Å²) in [5.74, 6) is -1.67. The number of nitrogens with zero attached hydrogens (tertiary/aromatic N) is 2. The van der Waals surface area contributed by atoms with Crippen molar-refractivity contribution in [2.75, 3.05) is 26.2 Å². The molecular weight excluding hydrogens is 526 g/mol. The van der Waals surface area contributed by atoms with Gasteiger partial charge >= 0.3 is 12.2 Å². The highest BCUT2D eigenvalue weighted by Crippen LogP contribution is 2.46. The predicted octanol–water partition coefficient (Wildman–Crippen LogP) is 4.80. The Morgan fingerprint density at radius 1 is 1.00 bits per heavy atom. The summed E-state index contributed by atoms with van der Waals surface area (Å²) in [6.45, 7) is 6.39. The van der Waals surface area contributed by atoms with Crippen LogP contribution in [0.4, 0.5) is 9.59 Å². The van der Waals surface area contributed by atoms with E-state index in [1.807, 2.05) is 62.4 Å². The van der Waals surface area contributed by atoms with Crippen LogP contribution in [-0.4, -0.2) is 65.2 Å². The average molecular weight is 568 g/mol. The molecule has 0 saturated carbocycles. The second-order valence-electron chi connectivity index (χ2n) is 10.7. The third-order valence-electron chi connectivity index (χ3n) is 7.51. The number of benzene rings is 2. The molecule has 0 spiro atoms. The number of carbonyl (C=O) groups excluding carboxylic acids is 4. The maximum Gasteiger partial charge on any atom is 0.419 e. The van der Waals surface area contributed by atoms with Crippen LogP contribution in [0.2, 0.25) is 0 Å². The smallest absolute Gasteiger partial charge is 0.419 e. The van der Waals surface area contributed by atoms with E-state index in [2.05, 4.69) is 0 Å². The Kier molecular flexibility index (Phi) is 11.7. The van der Waals surface area contributed by atoms with E-state index < -0.39 is 29.4 Å². The molecule has 3 rings (SSSR count). The maximum atomic E-state index is 13.9. The minimum atomic E-state index is -1.05. The van der Waals surface area contributed by atoms with E-state index >= 15 is 0 Å². The van der Waals surface area contributed by atoms with Crippen LogP contribution in [-0.2, 0) is 32.1 Å². The molecule has 2 N–H and O–H groups in total. The van der Waals surface area contributed by atoms with Crippen LogP contribution >= 0.6 is 0 Å². The molecule has 10 heteroatoms. The fraction of sp³-hybridized carbons (Fsp3) is 0.484. The molecule has 0 radical (unpaired) electrons. The first-order valence-corrected chi connectivity index (χ1v) is 14.1. The van der Waals surface area contributed by atoms with Crippen LogP contribution in [0.5, 0.6) is 0 Å². The van der Waals surface area contributed by atoms with E-state index in [0.717, 1.165) is 16.0 Å². The first kappa shape index (κ1) is 31.6. The fourth-order valence-corrected chi connectivity index (χ4v) is 5.57. The molecule has 1 aliphatic heterocycles. The number of hydroxylamine groups is 1. The van der Waals surface area contributed by atoms with Crippen molar-refractivity contribution in [2.45, 2.75) is 53.1 Å². The van der Waals surface area contributed by atoms with Gasteiger partial charge in [0, 0.05) is 19.6 Å². The van der Waals surface area contributed by atoms with E-state index in [9.17, 15) is 24.4 Å². The number of rotatable bonds is 13. The van der Waals surface area contributed by atoms with Gasteiger partial charge in [0.25, 0.3) is 0 Å². The van der Waals surface area contributed by atoms with Crippen molar-refractivity contribution in [3.63, 3.8) is 0 Å². The Labute approximate surface area is 241 Å². The van der Waals surface area contributed by atoms with Crippen molar-refractivity contribution in [2.24, 2.45) is 17.3 Å². The summed E-state index contributed by atoms with van der Waals surface area (Å²) in [5, 5.41) is 9.58. The number of amides is 4. The zero-order valence-corrected chi connectivity index (χ0v) is 24.1. The second kappa shape index (κ2) is 15.2. The highest BCUT2D eigenvalue weighted by atomic mass is 16.6. The molecule has 2 aromatic rings. The number of nitrogens with one attached hydrogen (secondary N) is 1. The van der Waals surface area contributed by atoms with E-state index in [1.54, 1.807) is 29.4 Å². The summed E-state index contributed by atoms with van der Waals surface area (Å²) in [7, 11) is 0. The molecule has 1 fully saturated rings. The van der Waals surface area contributed by atoms with Crippen LogP contribution in [0.3, 0.4) is 0 Å². The van der Waals surface area contributed by atoms with Gasteiger partial charge < -0.3 is 14.4 Å². The average Bonchev–Trinajstić information content (AvgIpc) is 3.28. The van der Waals surface area contributed by atoms with Crippen molar-refractivity contribution < 1.29 is 33.9 Å². The Balaban J connectivity index is 1.66. The first-order valence-electron chi connectivity index (χ1n) is 14.1. The van der Waals surface area contributed by atoms with Gasteiger partial charge in [0.2, 0.25) is 11.8 Å². The van der Waals surface area contributed by atoms with Gasteiger partial charge in [0.15, 0.2) is 0 Å². The lowest BCUT2D eigenvalue weighted by Gasteiger charge is -2.36. The highest BCUT2D eigenvalue weighted by Gasteiger charge is 2.54. The molecule has 222 valence electrons. The molecule has 0 bridgehead atoms. The minimum absolute atomic E-state index is 0.000262. The van der Waals surface area contributed by atoms with Crippen LogP contribution in [0.15, 0.2) is 60.7 Å². The molecule has 1 aliphatic rings. The van der Waals surface area contributed by atoms with Crippen molar-refractivity contribution in [1.29, 1.82) is 0 Å². The topological polar surface area (TPSA) is 125 Å². The number of imide groups is 1. The molecule has 0 aromatic heterocycles. The van der Waals surface area contributed by atoms with Crippen molar-refractivity contribution in [3.8, 4) is 0 Å². The molecular formula is C31H41N3O7. The van der Waals surface area contributed by atoms with Crippen LogP contribution in [0.25, 0.3) is 0 Å². The molecule has 41 heavy (non-hydrogen) atoms. The maximum absolute atomic E-state index is 13.9. The quantitative estimate of drug-likeness (QED) is 0.263. The summed E-state index contributed by atoms with van der Waals surface area (Å²) in [6, 6.07) is 18.9. The molecule has 10 nitrogen and oxygen atoms in total. The van der Waals surface area contributed by atoms with E-state index in [-0.39, 0.29) is 38.0 Å². The normalized spacial score (nSPS) is 17.3. The molecule has 1 heterocycles. The SMILES string of the molecule is CCN(C(=O)OCCC(C(=O)NO)C1(CC(C)C)CCN(CCc2ccccc2)C1=O)C(=O)OCc1ccccc1. The van der Waals surface area contributed by atoms with Gasteiger partial charge in [-0.15, -0.1) is 0 Å². The number of carbonyl (C=O) groups is 4. The number of ether oxygens (including phenoxy) is 2. The van der Waals surface area contributed by atoms with Crippen molar-refractivity contribution >= 4 is 24.0 Å². The molecule has 0 aliphatic carbocycles. The summed E-state index contributed by atoms with van der Waals surface area (Å²) in [5.41, 5.74) is 2.56. The number of likely N-dealkylation sites (tertiary alicyclic amines) is 1. The van der Waals surface area contributed by atoms with Gasteiger partial charge in [0.1, 0.15) is 6.61 Å².